The summed E-state index contributed by atoms with van der Waals surface area (Å²) >= 11 is 1.68. The maximum Gasteiger partial charge on any atom is 0.319 e. The third kappa shape index (κ3) is 5.06. The quantitative estimate of drug-likeness (QED) is 0.699. The largest absolute Gasteiger partial charge is 0.350 e. The summed E-state index contributed by atoms with van der Waals surface area (Å²) in [7, 11) is 4.00. The standard InChI is InChI=1S/C19H24N4O2S/c1-23(2)16(17-7-4-10-26-17)12-20-18(24)13-5-3-6-15(11-13)22-19(25)21-14-8-9-14/h3-7,10-11,14,16H,8-9,12H2,1-2H3,(H,20,24)(H2,21,22,25). The van der Waals surface area contributed by atoms with Crippen molar-refractivity contribution < 1.29 is 9.59 Å². The molecule has 0 radical (unpaired) electrons. The second-order valence-corrected chi connectivity index (χ2v) is 7.64. The van der Waals surface area contributed by atoms with Gasteiger partial charge in [0.25, 0.3) is 5.91 Å². The Morgan fingerprint density at radius 1 is 1.23 bits per heavy atom. The lowest BCUT2D eigenvalue weighted by atomic mass is 10.1. The first-order valence-electron chi connectivity index (χ1n) is 8.68. The van der Waals surface area contributed by atoms with E-state index >= 15 is 0 Å². The molecular weight excluding hydrogens is 348 g/mol. The Hall–Kier alpha value is -2.38. The highest BCUT2D eigenvalue weighted by Crippen LogP contribution is 2.22. The number of amides is 3. The highest BCUT2D eigenvalue weighted by atomic mass is 32.1. The molecule has 1 fully saturated rings. The third-order valence-corrected chi connectivity index (χ3v) is 5.22. The lowest BCUT2D eigenvalue weighted by Crippen LogP contribution is -2.34. The van der Waals surface area contributed by atoms with Crippen LogP contribution in [0.25, 0.3) is 0 Å². The fourth-order valence-electron chi connectivity index (χ4n) is 2.63. The van der Waals surface area contributed by atoms with Crippen LogP contribution in [0, 0.1) is 0 Å². The second kappa shape index (κ2) is 8.33. The Morgan fingerprint density at radius 3 is 2.69 bits per heavy atom. The van der Waals surface area contributed by atoms with Crippen molar-refractivity contribution >= 4 is 29.0 Å². The molecule has 0 spiro atoms. The smallest absolute Gasteiger partial charge is 0.319 e. The average molecular weight is 372 g/mol. The van der Waals surface area contributed by atoms with Gasteiger partial charge in [0, 0.05) is 28.7 Å². The van der Waals surface area contributed by atoms with E-state index < -0.39 is 0 Å². The molecule has 3 rings (SSSR count). The van der Waals surface area contributed by atoms with Crippen molar-refractivity contribution in [1.29, 1.82) is 0 Å². The van der Waals surface area contributed by atoms with E-state index in [0.717, 1.165) is 12.8 Å². The SMILES string of the molecule is CN(C)C(CNC(=O)c1cccc(NC(=O)NC2CC2)c1)c1cccs1. The van der Waals surface area contributed by atoms with Crippen LogP contribution < -0.4 is 16.0 Å². The molecule has 1 aliphatic rings. The first-order chi connectivity index (χ1) is 12.5. The highest BCUT2D eigenvalue weighted by Gasteiger charge is 2.23. The number of hydrogen-bond acceptors (Lipinski definition) is 4. The maximum atomic E-state index is 12.5. The van der Waals surface area contributed by atoms with E-state index in [9.17, 15) is 9.59 Å². The van der Waals surface area contributed by atoms with Crippen LogP contribution in [0.2, 0.25) is 0 Å². The Bertz CT molecular complexity index is 757. The molecule has 6 nitrogen and oxygen atoms in total. The Balaban J connectivity index is 1.58. The van der Waals surface area contributed by atoms with Gasteiger partial charge in [0.2, 0.25) is 0 Å². The predicted molar refractivity (Wildman–Crippen MR) is 105 cm³/mol. The Labute approximate surface area is 157 Å². The number of hydrogen-bond donors (Lipinski definition) is 3. The molecule has 1 atom stereocenters. The number of nitrogens with zero attached hydrogens (tertiary/aromatic N) is 1. The van der Waals surface area contributed by atoms with Gasteiger partial charge in [0.1, 0.15) is 0 Å². The van der Waals surface area contributed by atoms with E-state index in [0.29, 0.717) is 23.8 Å². The minimum absolute atomic E-state index is 0.129. The van der Waals surface area contributed by atoms with Crippen molar-refractivity contribution in [1.82, 2.24) is 15.5 Å². The number of nitrogens with one attached hydrogen (secondary N) is 3. The van der Waals surface area contributed by atoms with Crippen molar-refractivity contribution in [3.63, 3.8) is 0 Å². The number of carbonyl (C=O) groups excluding carboxylic acids is 2. The summed E-state index contributed by atoms with van der Waals surface area (Å²) in [4.78, 5) is 27.7. The number of thiophene rings is 1. The van der Waals surface area contributed by atoms with Gasteiger partial charge in [-0.2, -0.15) is 0 Å². The fraction of sp³-hybridized carbons (Fsp3) is 0.368. The topological polar surface area (TPSA) is 73.5 Å². The van der Waals surface area contributed by atoms with Gasteiger partial charge in [-0.3, -0.25) is 4.79 Å². The normalized spacial score (nSPS) is 14.7. The van der Waals surface area contributed by atoms with Crippen molar-refractivity contribution in [3.05, 3.63) is 52.2 Å². The third-order valence-electron chi connectivity index (χ3n) is 4.25. The molecule has 0 bridgehead atoms. The van der Waals surface area contributed by atoms with Crippen LogP contribution in [0.15, 0.2) is 41.8 Å². The first-order valence-corrected chi connectivity index (χ1v) is 9.56. The second-order valence-electron chi connectivity index (χ2n) is 6.66. The predicted octanol–water partition coefficient (Wildman–Crippen LogP) is 3.06. The average Bonchev–Trinajstić information content (AvgIpc) is 3.25. The molecular formula is C19H24N4O2S. The summed E-state index contributed by atoms with van der Waals surface area (Å²) in [5.74, 6) is -0.153. The molecule has 2 aromatic rings. The number of likely N-dealkylation sites (N-methyl/N-ethyl adjacent to an activating group) is 1. The van der Waals surface area contributed by atoms with E-state index in [4.69, 9.17) is 0 Å². The molecule has 1 aromatic carbocycles. The number of urea groups is 1. The lowest BCUT2D eigenvalue weighted by molar-refractivity contribution is 0.0942. The van der Waals surface area contributed by atoms with Crippen molar-refractivity contribution in [2.45, 2.75) is 24.9 Å². The number of benzene rings is 1. The summed E-state index contributed by atoms with van der Waals surface area (Å²) in [5, 5.41) is 10.7. The number of anilines is 1. The molecule has 1 unspecified atom stereocenters. The molecule has 3 N–H and O–H groups in total. The Kier molecular flexibility index (Phi) is 5.90. The van der Waals surface area contributed by atoms with E-state index in [-0.39, 0.29) is 18.0 Å². The zero-order valence-electron chi connectivity index (χ0n) is 15.0. The minimum Gasteiger partial charge on any atom is -0.350 e. The van der Waals surface area contributed by atoms with Gasteiger partial charge >= 0.3 is 6.03 Å². The van der Waals surface area contributed by atoms with Crippen molar-refractivity contribution in [2.75, 3.05) is 26.0 Å². The Morgan fingerprint density at radius 2 is 2.04 bits per heavy atom. The minimum atomic E-state index is -0.226. The molecule has 1 aromatic heterocycles. The number of rotatable bonds is 7. The van der Waals surface area contributed by atoms with Gasteiger partial charge < -0.3 is 20.9 Å². The summed E-state index contributed by atoms with van der Waals surface area (Å²) in [5.41, 5.74) is 1.14. The molecule has 3 amide bonds. The molecule has 138 valence electrons. The van der Waals surface area contributed by atoms with E-state index in [1.54, 1.807) is 35.6 Å². The molecule has 0 aliphatic heterocycles. The molecule has 1 saturated carbocycles. The zero-order chi connectivity index (χ0) is 18.5. The lowest BCUT2D eigenvalue weighted by Gasteiger charge is -2.23. The van der Waals surface area contributed by atoms with Crippen LogP contribution in [0.4, 0.5) is 10.5 Å². The zero-order valence-corrected chi connectivity index (χ0v) is 15.8. The molecule has 1 heterocycles. The summed E-state index contributed by atoms with van der Waals surface area (Å²) in [6, 6.07) is 11.3. The van der Waals surface area contributed by atoms with Gasteiger partial charge in [-0.25, -0.2) is 4.79 Å². The van der Waals surface area contributed by atoms with Crippen LogP contribution in [-0.4, -0.2) is 43.5 Å². The van der Waals surface area contributed by atoms with Gasteiger partial charge in [-0.05, 0) is 56.6 Å². The van der Waals surface area contributed by atoms with E-state index in [1.165, 1.54) is 4.88 Å². The van der Waals surface area contributed by atoms with E-state index in [1.807, 2.05) is 25.5 Å². The molecule has 7 heteroatoms. The monoisotopic (exact) mass is 372 g/mol. The fourth-order valence-corrected chi connectivity index (χ4v) is 3.55. The summed E-state index contributed by atoms with van der Waals surface area (Å²) in [6.45, 7) is 0.520. The van der Waals surface area contributed by atoms with E-state index in [2.05, 4.69) is 26.9 Å². The van der Waals surface area contributed by atoms with Crippen LogP contribution in [0.1, 0.15) is 34.1 Å². The molecule has 26 heavy (non-hydrogen) atoms. The van der Waals surface area contributed by atoms with Crippen molar-refractivity contribution in [2.24, 2.45) is 0 Å². The van der Waals surface area contributed by atoms with Gasteiger partial charge in [0.05, 0.1) is 6.04 Å². The maximum absolute atomic E-state index is 12.5. The number of carbonyl (C=O) groups is 2. The van der Waals surface area contributed by atoms with Gasteiger partial charge in [-0.1, -0.05) is 12.1 Å². The van der Waals surface area contributed by atoms with Crippen LogP contribution in [0.5, 0.6) is 0 Å². The molecule has 1 aliphatic carbocycles. The van der Waals surface area contributed by atoms with Crippen LogP contribution in [-0.2, 0) is 0 Å². The van der Waals surface area contributed by atoms with Gasteiger partial charge in [0.15, 0.2) is 0 Å². The van der Waals surface area contributed by atoms with Gasteiger partial charge in [-0.15, -0.1) is 11.3 Å². The summed E-state index contributed by atoms with van der Waals surface area (Å²) < 4.78 is 0. The molecule has 0 saturated heterocycles. The van der Waals surface area contributed by atoms with Crippen molar-refractivity contribution in [3.8, 4) is 0 Å². The van der Waals surface area contributed by atoms with Crippen LogP contribution in [0.3, 0.4) is 0 Å². The van der Waals surface area contributed by atoms with Crippen LogP contribution >= 0.6 is 11.3 Å². The summed E-state index contributed by atoms with van der Waals surface area (Å²) in [6.07, 6.45) is 2.07. The highest BCUT2D eigenvalue weighted by molar-refractivity contribution is 7.10. The first kappa shape index (κ1) is 18.4.